The molecule has 0 N–H and O–H groups in total. The normalized spacial score (nSPS) is 12.3. The maximum absolute atomic E-state index is 2.44. The van der Waals surface area contributed by atoms with Crippen LogP contribution in [-0.4, -0.2) is 0 Å². The molecule has 0 saturated carbocycles. The molecule has 0 radical (unpaired) electrons. The molecule has 0 bridgehead atoms. The zero-order valence-corrected chi connectivity index (χ0v) is 22.1. The molecule has 0 aliphatic heterocycles. The van der Waals surface area contributed by atoms with Crippen molar-refractivity contribution < 1.29 is 0 Å². The first-order chi connectivity index (χ1) is 18.3. The highest BCUT2D eigenvalue weighted by atomic mass is 32.1. The maximum Gasteiger partial charge on any atom is 0.0440 e. The van der Waals surface area contributed by atoms with Gasteiger partial charge in [-0.25, -0.2) is 0 Å². The summed E-state index contributed by atoms with van der Waals surface area (Å²) in [6.07, 6.45) is 0. The lowest BCUT2D eigenvalue weighted by Crippen LogP contribution is -1.86. The van der Waals surface area contributed by atoms with Crippen molar-refractivity contribution in [3.05, 3.63) is 109 Å². The van der Waals surface area contributed by atoms with E-state index in [1.165, 1.54) is 83.1 Å². The average Bonchev–Trinajstić information content (AvgIpc) is 3.65. The van der Waals surface area contributed by atoms with E-state index >= 15 is 0 Å². The van der Waals surface area contributed by atoms with Gasteiger partial charge in [-0.05, 0) is 68.9 Å². The molecule has 0 amide bonds. The van der Waals surface area contributed by atoms with Gasteiger partial charge in [0.1, 0.15) is 0 Å². The van der Waals surface area contributed by atoms with Crippen LogP contribution in [0.25, 0.3) is 83.1 Å². The maximum atomic E-state index is 2.44. The van der Waals surface area contributed by atoms with Gasteiger partial charge in [-0.15, -0.1) is 34.0 Å². The number of rotatable bonds is 1. The van der Waals surface area contributed by atoms with Crippen LogP contribution in [-0.2, 0) is 0 Å². The van der Waals surface area contributed by atoms with Crippen LogP contribution in [0.15, 0.2) is 109 Å². The Morgan fingerprint density at radius 3 is 1.95 bits per heavy atom. The van der Waals surface area contributed by atoms with E-state index in [9.17, 15) is 0 Å². The predicted molar refractivity (Wildman–Crippen MR) is 168 cm³/mol. The molecule has 0 fully saturated rings. The number of hydrogen-bond donors (Lipinski definition) is 0. The lowest BCUT2D eigenvalue weighted by molar-refractivity contribution is 1.78. The summed E-state index contributed by atoms with van der Waals surface area (Å²) in [6, 6.07) is 38.7. The second-order valence-corrected chi connectivity index (χ2v) is 12.8. The van der Waals surface area contributed by atoms with E-state index < -0.39 is 0 Å². The molecule has 3 heteroatoms. The van der Waals surface area contributed by atoms with E-state index in [4.69, 9.17) is 0 Å². The summed E-state index contributed by atoms with van der Waals surface area (Å²) < 4.78 is 6.82. The van der Waals surface area contributed by atoms with Crippen LogP contribution in [0.3, 0.4) is 0 Å². The standard InChI is InChI=1S/C34H18S3/c1-3-10-29-21(6-1)24-8-5-9-25(33(24)36-29)28-17-20-18-31-19(14-15-35-31)16-27(20)32-23(28)12-13-26-22-7-2-4-11-30(22)37-34(26)32/h1-18H. The minimum absolute atomic E-state index is 1.32. The molecule has 172 valence electrons. The molecular formula is C34H18S3. The van der Waals surface area contributed by atoms with Crippen molar-refractivity contribution in [1.29, 1.82) is 0 Å². The fourth-order valence-corrected chi connectivity index (χ4v) is 9.37. The lowest BCUT2D eigenvalue weighted by atomic mass is 9.91. The molecule has 37 heavy (non-hydrogen) atoms. The molecule has 9 aromatic rings. The van der Waals surface area contributed by atoms with E-state index in [-0.39, 0.29) is 0 Å². The van der Waals surface area contributed by atoms with Gasteiger partial charge < -0.3 is 0 Å². The second kappa shape index (κ2) is 7.39. The van der Waals surface area contributed by atoms with Crippen molar-refractivity contribution in [3.8, 4) is 11.1 Å². The number of benzene rings is 6. The molecule has 0 atom stereocenters. The largest absolute Gasteiger partial charge is 0.144 e. The van der Waals surface area contributed by atoms with Crippen molar-refractivity contribution in [2.24, 2.45) is 0 Å². The molecule has 0 aliphatic carbocycles. The Bertz CT molecular complexity index is 2360. The molecule has 3 aromatic heterocycles. The fraction of sp³-hybridized carbons (Fsp3) is 0. The number of thiophene rings is 3. The van der Waals surface area contributed by atoms with E-state index in [0.29, 0.717) is 0 Å². The van der Waals surface area contributed by atoms with Crippen LogP contribution in [0.4, 0.5) is 0 Å². The molecule has 0 saturated heterocycles. The summed E-state index contributed by atoms with van der Waals surface area (Å²) in [5, 5.41) is 14.3. The zero-order valence-electron chi connectivity index (χ0n) is 19.6. The third-order valence-corrected chi connectivity index (χ3v) is 11.0. The fourth-order valence-electron chi connectivity index (χ4n) is 6.06. The van der Waals surface area contributed by atoms with Crippen LogP contribution in [0.1, 0.15) is 0 Å². The summed E-state index contributed by atoms with van der Waals surface area (Å²) in [5.74, 6) is 0. The average molecular weight is 523 g/mol. The summed E-state index contributed by atoms with van der Waals surface area (Å²) in [6.45, 7) is 0. The van der Waals surface area contributed by atoms with Crippen LogP contribution in [0.2, 0.25) is 0 Å². The molecular weight excluding hydrogens is 505 g/mol. The van der Waals surface area contributed by atoms with Crippen LogP contribution >= 0.6 is 34.0 Å². The van der Waals surface area contributed by atoms with Gasteiger partial charge in [-0.1, -0.05) is 66.7 Å². The van der Waals surface area contributed by atoms with Gasteiger partial charge in [-0.3, -0.25) is 0 Å². The quantitative estimate of drug-likeness (QED) is 0.188. The van der Waals surface area contributed by atoms with E-state index in [1.807, 2.05) is 34.0 Å². The van der Waals surface area contributed by atoms with Crippen molar-refractivity contribution >= 4 is 106 Å². The summed E-state index contributed by atoms with van der Waals surface area (Å²) >= 11 is 5.67. The Hall–Kier alpha value is -3.76. The highest BCUT2D eigenvalue weighted by molar-refractivity contribution is 7.27. The monoisotopic (exact) mass is 522 g/mol. The highest BCUT2D eigenvalue weighted by Gasteiger charge is 2.18. The predicted octanol–water partition coefficient (Wildman–Crippen LogP) is 11.6. The Morgan fingerprint density at radius 1 is 0.405 bits per heavy atom. The molecule has 0 spiro atoms. The molecule has 0 unspecified atom stereocenters. The Kier molecular flexibility index (Phi) is 4.06. The highest BCUT2D eigenvalue weighted by Crippen LogP contribution is 2.47. The SMILES string of the molecule is c1ccc2c(c1)sc1c(-c3cc4cc5sccc5cc4c4c3ccc3c5ccccc5sc34)cccc12. The minimum Gasteiger partial charge on any atom is -0.144 e. The van der Waals surface area contributed by atoms with Crippen LogP contribution in [0, 0.1) is 0 Å². The van der Waals surface area contributed by atoms with Gasteiger partial charge in [-0.2, -0.15) is 0 Å². The van der Waals surface area contributed by atoms with Crippen molar-refractivity contribution in [3.63, 3.8) is 0 Å². The summed E-state index contributed by atoms with van der Waals surface area (Å²) in [4.78, 5) is 0. The number of fused-ring (bicyclic) bond motifs is 11. The summed E-state index contributed by atoms with van der Waals surface area (Å²) in [5.41, 5.74) is 2.66. The minimum atomic E-state index is 1.32. The number of hydrogen-bond acceptors (Lipinski definition) is 3. The Balaban J connectivity index is 1.51. The van der Waals surface area contributed by atoms with Crippen LogP contribution < -0.4 is 0 Å². The van der Waals surface area contributed by atoms with Gasteiger partial charge in [0.05, 0.1) is 0 Å². The second-order valence-electron chi connectivity index (χ2n) is 9.70. The van der Waals surface area contributed by atoms with Gasteiger partial charge in [0, 0.05) is 56.0 Å². The first kappa shape index (κ1) is 20.3. The van der Waals surface area contributed by atoms with Crippen molar-refractivity contribution in [1.82, 2.24) is 0 Å². The Morgan fingerprint density at radius 2 is 1.11 bits per heavy atom. The first-order valence-corrected chi connectivity index (χ1v) is 14.9. The Labute approximate surface area is 224 Å². The molecule has 9 rings (SSSR count). The van der Waals surface area contributed by atoms with Crippen molar-refractivity contribution in [2.75, 3.05) is 0 Å². The smallest absolute Gasteiger partial charge is 0.0440 e. The van der Waals surface area contributed by atoms with E-state index in [1.54, 1.807) is 0 Å². The van der Waals surface area contributed by atoms with Gasteiger partial charge in [0.15, 0.2) is 0 Å². The molecule has 3 heterocycles. The van der Waals surface area contributed by atoms with Gasteiger partial charge in [0.2, 0.25) is 0 Å². The summed E-state index contributed by atoms with van der Waals surface area (Å²) in [7, 11) is 0. The van der Waals surface area contributed by atoms with Gasteiger partial charge >= 0.3 is 0 Å². The van der Waals surface area contributed by atoms with E-state index in [2.05, 4.69) is 109 Å². The molecule has 0 nitrogen and oxygen atoms in total. The molecule has 0 aliphatic rings. The topological polar surface area (TPSA) is 0 Å². The van der Waals surface area contributed by atoms with E-state index in [0.717, 1.165) is 0 Å². The zero-order chi connectivity index (χ0) is 24.1. The first-order valence-electron chi connectivity index (χ1n) is 12.4. The third kappa shape index (κ3) is 2.77. The van der Waals surface area contributed by atoms with Crippen LogP contribution in [0.5, 0.6) is 0 Å². The van der Waals surface area contributed by atoms with Gasteiger partial charge in [0.25, 0.3) is 0 Å². The molecule has 6 aromatic carbocycles. The van der Waals surface area contributed by atoms with Crippen molar-refractivity contribution in [2.45, 2.75) is 0 Å². The lowest BCUT2D eigenvalue weighted by Gasteiger charge is -2.13. The third-order valence-electron chi connectivity index (χ3n) is 7.73.